The predicted molar refractivity (Wildman–Crippen MR) is 93.9 cm³/mol. The third kappa shape index (κ3) is 3.81. The molecule has 2 N–H and O–H groups in total. The average molecular weight is 326 g/mol. The van der Waals surface area contributed by atoms with Crippen LogP contribution in [0.2, 0.25) is 0 Å². The molecule has 0 saturated heterocycles. The van der Waals surface area contributed by atoms with E-state index in [9.17, 15) is 4.79 Å². The molecule has 1 aromatic heterocycles. The summed E-state index contributed by atoms with van der Waals surface area (Å²) in [7, 11) is 1.63. The molecular weight excluding hydrogens is 308 g/mol. The Hall–Kier alpha value is -2.53. The third-order valence-corrected chi connectivity index (χ3v) is 4.62. The first kappa shape index (κ1) is 15.4. The highest BCUT2D eigenvalue weighted by molar-refractivity contribution is 7.17. The van der Waals surface area contributed by atoms with Crippen LogP contribution in [-0.2, 0) is 13.1 Å². The quantitative estimate of drug-likeness (QED) is 0.747. The monoisotopic (exact) mass is 326 g/mol. The topological polar surface area (TPSA) is 50.4 Å². The fourth-order valence-corrected chi connectivity index (χ4v) is 3.30. The van der Waals surface area contributed by atoms with Gasteiger partial charge >= 0.3 is 6.03 Å². The Morgan fingerprint density at radius 2 is 1.78 bits per heavy atom. The molecule has 3 rings (SSSR count). The number of carbonyl (C=O) groups excluding carboxylic acids is 1. The number of hydrogen-bond acceptors (Lipinski definition) is 3. The second-order valence-electron chi connectivity index (χ2n) is 5.14. The van der Waals surface area contributed by atoms with Crippen molar-refractivity contribution in [2.24, 2.45) is 0 Å². The largest absolute Gasteiger partial charge is 0.497 e. The zero-order chi connectivity index (χ0) is 16.1. The van der Waals surface area contributed by atoms with E-state index in [0.29, 0.717) is 13.1 Å². The van der Waals surface area contributed by atoms with Crippen LogP contribution >= 0.6 is 11.3 Å². The summed E-state index contributed by atoms with van der Waals surface area (Å²) in [5.41, 5.74) is 2.17. The first-order valence-corrected chi connectivity index (χ1v) is 8.24. The Morgan fingerprint density at radius 3 is 2.57 bits per heavy atom. The Balaban J connectivity index is 1.51. The number of nitrogens with one attached hydrogen (secondary N) is 2. The smallest absolute Gasteiger partial charge is 0.315 e. The van der Waals surface area contributed by atoms with Gasteiger partial charge in [0.25, 0.3) is 0 Å². The maximum absolute atomic E-state index is 11.9. The Bertz CT molecular complexity index is 796. The summed E-state index contributed by atoms with van der Waals surface area (Å²) in [6.07, 6.45) is 0. The van der Waals surface area contributed by atoms with Crippen molar-refractivity contribution in [1.82, 2.24) is 10.6 Å². The number of ether oxygens (including phenoxy) is 1. The van der Waals surface area contributed by atoms with Gasteiger partial charge in [0, 0.05) is 17.8 Å². The first-order valence-electron chi connectivity index (χ1n) is 7.36. The maximum atomic E-state index is 11.9. The lowest BCUT2D eigenvalue weighted by atomic mass is 10.2. The van der Waals surface area contributed by atoms with Gasteiger partial charge in [-0.15, -0.1) is 11.3 Å². The Kier molecular flexibility index (Phi) is 4.78. The number of hydrogen-bond donors (Lipinski definition) is 2. The molecule has 0 bridgehead atoms. The Morgan fingerprint density at radius 1 is 1.04 bits per heavy atom. The van der Waals surface area contributed by atoms with E-state index in [1.54, 1.807) is 18.4 Å². The lowest BCUT2D eigenvalue weighted by Crippen LogP contribution is -2.34. The van der Waals surface area contributed by atoms with Gasteiger partial charge in [-0.25, -0.2) is 4.79 Å². The van der Waals surface area contributed by atoms with Crippen molar-refractivity contribution >= 4 is 27.5 Å². The van der Waals surface area contributed by atoms with Crippen molar-refractivity contribution in [3.05, 3.63) is 65.0 Å². The fourth-order valence-electron chi connectivity index (χ4n) is 2.33. The first-order chi connectivity index (χ1) is 11.3. The summed E-state index contributed by atoms with van der Waals surface area (Å²) in [4.78, 5) is 11.9. The van der Waals surface area contributed by atoms with Crippen LogP contribution in [0.15, 0.2) is 53.9 Å². The summed E-state index contributed by atoms with van der Waals surface area (Å²) >= 11 is 1.70. The molecule has 0 aliphatic rings. The van der Waals surface area contributed by atoms with Gasteiger partial charge in [0.15, 0.2) is 0 Å². The predicted octanol–water partition coefficient (Wildman–Crippen LogP) is 3.91. The maximum Gasteiger partial charge on any atom is 0.315 e. The number of amides is 2. The van der Waals surface area contributed by atoms with E-state index < -0.39 is 0 Å². The summed E-state index contributed by atoms with van der Waals surface area (Å²) in [6, 6.07) is 15.7. The van der Waals surface area contributed by atoms with Gasteiger partial charge in [-0.1, -0.05) is 30.3 Å². The number of thiophene rings is 1. The van der Waals surface area contributed by atoms with E-state index in [4.69, 9.17) is 4.74 Å². The number of fused-ring (bicyclic) bond motifs is 1. The van der Waals surface area contributed by atoms with Gasteiger partial charge in [0.1, 0.15) is 5.75 Å². The molecule has 0 spiro atoms. The second-order valence-corrected chi connectivity index (χ2v) is 6.05. The van der Waals surface area contributed by atoms with E-state index in [-0.39, 0.29) is 6.03 Å². The number of benzene rings is 2. The SMILES string of the molecule is COc1ccc(CNC(=O)NCc2csc3ccccc23)cc1. The van der Waals surface area contributed by atoms with Crippen LogP contribution in [0.1, 0.15) is 11.1 Å². The van der Waals surface area contributed by atoms with E-state index in [0.717, 1.165) is 16.9 Å². The molecule has 2 aromatic carbocycles. The standard InChI is InChI=1S/C18H18N2O2S/c1-22-15-8-6-13(7-9-15)10-19-18(21)20-11-14-12-23-17-5-3-2-4-16(14)17/h2-9,12H,10-11H2,1H3,(H2,19,20,21). The molecule has 5 heteroatoms. The molecule has 0 atom stereocenters. The summed E-state index contributed by atoms with van der Waals surface area (Å²) < 4.78 is 6.35. The molecule has 23 heavy (non-hydrogen) atoms. The molecule has 0 saturated carbocycles. The Labute approximate surface area is 139 Å². The lowest BCUT2D eigenvalue weighted by Gasteiger charge is -2.08. The van der Waals surface area contributed by atoms with Crippen LogP contribution in [0.3, 0.4) is 0 Å². The van der Waals surface area contributed by atoms with E-state index in [1.165, 1.54) is 10.1 Å². The van der Waals surface area contributed by atoms with Crippen LogP contribution in [0.25, 0.3) is 10.1 Å². The molecule has 0 radical (unpaired) electrons. The highest BCUT2D eigenvalue weighted by Gasteiger charge is 2.05. The van der Waals surface area contributed by atoms with Gasteiger partial charge in [-0.2, -0.15) is 0 Å². The molecule has 0 aliphatic carbocycles. The molecule has 3 aromatic rings. The normalized spacial score (nSPS) is 10.5. The number of rotatable bonds is 5. The second kappa shape index (κ2) is 7.15. The van der Waals surface area contributed by atoms with Gasteiger partial charge < -0.3 is 15.4 Å². The van der Waals surface area contributed by atoms with Crippen molar-refractivity contribution in [3.63, 3.8) is 0 Å². The van der Waals surface area contributed by atoms with Gasteiger partial charge in [0.2, 0.25) is 0 Å². The number of urea groups is 1. The summed E-state index contributed by atoms with van der Waals surface area (Å²) in [5.74, 6) is 0.808. The van der Waals surface area contributed by atoms with Crippen LogP contribution in [0, 0.1) is 0 Å². The fraction of sp³-hybridized carbons (Fsp3) is 0.167. The highest BCUT2D eigenvalue weighted by Crippen LogP contribution is 2.25. The summed E-state index contributed by atoms with van der Waals surface area (Å²) in [6.45, 7) is 1.01. The van der Waals surface area contributed by atoms with Gasteiger partial charge in [0.05, 0.1) is 7.11 Å². The minimum Gasteiger partial charge on any atom is -0.497 e. The van der Waals surface area contributed by atoms with Crippen molar-refractivity contribution in [2.45, 2.75) is 13.1 Å². The molecule has 0 unspecified atom stereocenters. The molecule has 118 valence electrons. The minimum absolute atomic E-state index is 0.170. The molecule has 2 amide bonds. The zero-order valence-corrected chi connectivity index (χ0v) is 13.7. The van der Waals surface area contributed by atoms with Crippen molar-refractivity contribution in [3.8, 4) is 5.75 Å². The molecule has 0 fully saturated rings. The highest BCUT2D eigenvalue weighted by atomic mass is 32.1. The lowest BCUT2D eigenvalue weighted by molar-refractivity contribution is 0.240. The molecular formula is C18H18N2O2S. The molecule has 4 nitrogen and oxygen atoms in total. The van der Waals surface area contributed by atoms with E-state index in [2.05, 4.69) is 28.1 Å². The van der Waals surface area contributed by atoms with Crippen LogP contribution in [-0.4, -0.2) is 13.1 Å². The molecule has 0 aliphatic heterocycles. The van der Waals surface area contributed by atoms with Gasteiger partial charge in [-0.05, 0) is 40.1 Å². The van der Waals surface area contributed by atoms with E-state index >= 15 is 0 Å². The van der Waals surface area contributed by atoms with Crippen LogP contribution in [0.5, 0.6) is 5.75 Å². The number of carbonyl (C=O) groups is 1. The molecule has 1 heterocycles. The average Bonchev–Trinajstić information content (AvgIpc) is 3.02. The van der Waals surface area contributed by atoms with Crippen molar-refractivity contribution < 1.29 is 9.53 Å². The van der Waals surface area contributed by atoms with Crippen LogP contribution in [0.4, 0.5) is 4.79 Å². The zero-order valence-electron chi connectivity index (χ0n) is 12.8. The third-order valence-electron chi connectivity index (χ3n) is 3.61. The van der Waals surface area contributed by atoms with E-state index in [1.807, 2.05) is 36.4 Å². The van der Waals surface area contributed by atoms with Crippen molar-refractivity contribution in [2.75, 3.05) is 7.11 Å². The van der Waals surface area contributed by atoms with Gasteiger partial charge in [-0.3, -0.25) is 0 Å². The minimum atomic E-state index is -0.170. The number of methoxy groups -OCH3 is 1. The van der Waals surface area contributed by atoms with Crippen molar-refractivity contribution in [1.29, 1.82) is 0 Å². The summed E-state index contributed by atoms with van der Waals surface area (Å²) in [5, 5.41) is 9.05. The van der Waals surface area contributed by atoms with Crippen LogP contribution < -0.4 is 15.4 Å².